The van der Waals surface area contributed by atoms with Crippen molar-refractivity contribution in [3.8, 4) is 0 Å². The quantitative estimate of drug-likeness (QED) is 0.696. The molecule has 2 heteroatoms. The van der Waals surface area contributed by atoms with Crippen LogP contribution in [0, 0.1) is 11.8 Å². The van der Waals surface area contributed by atoms with E-state index in [2.05, 4.69) is 25.7 Å². The van der Waals surface area contributed by atoms with Gasteiger partial charge in [-0.1, -0.05) is 13.8 Å². The predicted octanol–water partition coefficient (Wildman–Crippen LogP) is 2.47. The van der Waals surface area contributed by atoms with Crippen LogP contribution in [0.3, 0.4) is 0 Å². The fourth-order valence-electron chi connectivity index (χ4n) is 3.18. The molecule has 1 heterocycles. The minimum Gasteiger partial charge on any atom is -0.300 e. The summed E-state index contributed by atoms with van der Waals surface area (Å²) in [5.41, 5.74) is 0. The van der Waals surface area contributed by atoms with Crippen molar-refractivity contribution in [2.24, 2.45) is 11.8 Å². The second-order valence-corrected chi connectivity index (χ2v) is 5.63. The molecule has 0 spiro atoms. The Kier molecular flexibility index (Phi) is 3.15. The summed E-state index contributed by atoms with van der Waals surface area (Å²) in [5.74, 6) is 1.94. The van der Waals surface area contributed by atoms with Crippen molar-refractivity contribution in [3.05, 3.63) is 0 Å². The van der Waals surface area contributed by atoms with E-state index in [0.29, 0.717) is 17.9 Å². The van der Waals surface area contributed by atoms with Gasteiger partial charge < -0.3 is 0 Å². The Bertz CT molecular complexity index is 249. The Hall–Kier alpha value is -0.370. The first-order valence-electron chi connectivity index (χ1n) is 6.37. The molecule has 86 valence electrons. The standard InChI is InChI=1S/C13H23NO/c1-9(2)12-5-4-11(15)8-13(12)14-7-6-10(14)3/h9-10,12-13H,4-8H2,1-3H3. The van der Waals surface area contributed by atoms with E-state index in [-0.39, 0.29) is 0 Å². The number of ketones is 1. The molecule has 1 saturated heterocycles. The van der Waals surface area contributed by atoms with E-state index < -0.39 is 0 Å². The second-order valence-electron chi connectivity index (χ2n) is 5.63. The number of hydrogen-bond donors (Lipinski definition) is 0. The van der Waals surface area contributed by atoms with Gasteiger partial charge in [0.1, 0.15) is 5.78 Å². The molecule has 0 radical (unpaired) electrons. The molecular formula is C13H23NO. The summed E-state index contributed by atoms with van der Waals surface area (Å²) in [6, 6.07) is 1.26. The third-order valence-electron chi connectivity index (χ3n) is 4.34. The van der Waals surface area contributed by atoms with E-state index in [1.54, 1.807) is 0 Å². The molecule has 0 aromatic rings. The number of rotatable bonds is 2. The summed E-state index contributed by atoms with van der Waals surface area (Å²) >= 11 is 0. The van der Waals surface area contributed by atoms with Crippen LogP contribution in [0.4, 0.5) is 0 Å². The fraction of sp³-hybridized carbons (Fsp3) is 0.923. The number of carbonyl (C=O) groups excluding carboxylic acids is 1. The van der Waals surface area contributed by atoms with Gasteiger partial charge in [-0.15, -0.1) is 0 Å². The van der Waals surface area contributed by atoms with Gasteiger partial charge in [-0.2, -0.15) is 0 Å². The highest BCUT2D eigenvalue weighted by Crippen LogP contribution is 2.36. The third kappa shape index (κ3) is 2.10. The van der Waals surface area contributed by atoms with Crippen LogP contribution in [0.25, 0.3) is 0 Å². The van der Waals surface area contributed by atoms with Gasteiger partial charge in [0.05, 0.1) is 0 Å². The van der Waals surface area contributed by atoms with Crippen LogP contribution in [0.1, 0.15) is 46.5 Å². The summed E-state index contributed by atoms with van der Waals surface area (Å²) < 4.78 is 0. The molecule has 15 heavy (non-hydrogen) atoms. The van der Waals surface area contributed by atoms with Gasteiger partial charge in [-0.3, -0.25) is 9.69 Å². The molecule has 2 aliphatic rings. The van der Waals surface area contributed by atoms with Gasteiger partial charge in [-0.25, -0.2) is 0 Å². The first-order valence-corrected chi connectivity index (χ1v) is 6.37. The lowest BCUT2D eigenvalue weighted by Crippen LogP contribution is -2.56. The van der Waals surface area contributed by atoms with Crippen molar-refractivity contribution < 1.29 is 4.79 Å². The van der Waals surface area contributed by atoms with E-state index >= 15 is 0 Å². The molecule has 0 aromatic carbocycles. The van der Waals surface area contributed by atoms with Crippen LogP contribution in [0.15, 0.2) is 0 Å². The summed E-state index contributed by atoms with van der Waals surface area (Å²) in [6.45, 7) is 8.11. The number of hydrogen-bond acceptors (Lipinski definition) is 2. The first kappa shape index (κ1) is 11.1. The van der Waals surface area contributed by atoms with E-state index in [4.69, 9.17) is 0 Å². The van der Waals surface area contributed by atoms with Crippen molar-refractivity contribution in [1.82, 2.24) is 4.90 Å². The normalized spacial score (nSPS) is 38.1. The molecule has 3 atom stereocenters. The SMILES string of the molecule is CC(C)C1CCC(=O)CC1N1CCC1C. The molecule has 0 bridgehead atoms. The Morgan fingerprint density at radius 3 is 2.53 bits per heavy atom. The second kappa shape index (κ2) is 4.25. The van der Waals surface area contributed by atoms with E-state index in [0.717, 1.165) is 31.1 Å². The highest BCUT2D eigenvalue weighted by Gasteiger charge is 2.39. The minimum atomic E-state index is 0.482. The van der Waals surface area contributed by atoms with Gasteiger partial charge in [0.15, 0.2) is 0 Å². The van der Waals surface area contributed by atoms with Crippen molar-refractivity contribution in [1.29, 1.82) is 0 Å². The van der Waals surface area contributed by atoms with Crippen molar-refractivity contribution in [2.45, 2.75) is 58.5 Å². The van der Waals surface area contributed by atoms with Gasteiger partial charge in [0.25, 0.3) is 0 Å². The van der Waals surface area contributed by atoms with Crippen LogP contribution in [-0.2, 0) is 4.79 Å². The molecule has 2 nitrogen and oxygen atoms in total. The lowest BCUT2D eigenvalue weighted by Gasteiger charge is -2.49. The highest BCUT2D eigenvalue weighted by atomic mass is 16.1. The Balaban J connectivity index is 2.06. The summed E-state index contributed by atoms with van der Waals surface area (Å²) in [5, 5.41) is 0. The molecule has 1 saturated carbocycles. The van der Waals surface area contributed by atoms with Gasteiger partial charge >= 0.3 is 0 Å². The van der Waals surface area contributed by atoms with E-state index in [1.807, 2.05) is 0 Å². The number of likely N-dealkylation sites (tertiary alicyclic amines) is 1. The number of nitrogens with zero attached hydrogens (tertiary/aromatic N) is 1. The molecule has 0 aromatic heterocycles. The van der Waals surface area contributed by atoms with Gasteiger partial charge in [0, 0.05) is 31.5 Å². The summed E-state index contributed by atoms with van der Waals surface area (Å²) in [6.07, 6.45) is 4.06. The average molecular weight is 209 g/mol. The van der Waals surface area contributed by atoms with Crippen molar-refractivity contribution in [2.75, 3.05) is 6.54 Å². The van der Waals surface area contributed by atoms with Crippen LogP contribution in [0.2, 0.25) is 0 Å². The Labute approximate surface area is 93.0 Å². The lowest BCUT2D eigenvalue weighted by atomic mass is 9.75. The molecule has 0 N–H and O–H groups in total. The first-order chi connectivity index (χ1) is 7.09. The number of carbonyl (C=O) groups is 1. The topological polar surface area (TPSA) is 20.3 Å². The maximum Gasteiger partial charge on any atom is 0.134 e. The third-order valence-corrected chi connectivity index (χ3v) is 4.34. The number of Topliss-reactive ketones (excluding diaryl/α,β-unsaturated/α-hetero) is 1. The molecule has 1 aliphatic carbocycles. The maximum atomic E-state index is 11.6. The zero-order valence-corrected chi connectivity index (χ0v) is 10.2. The Morgan fingerprint density at radius 2 is 2.07 bits per heavy atom. The molecule has 0 amide bonds. The van der Waals surface area contributed by atoms with Crippen molar-refractivity contribution in [3.63, 3.8) is 0 Å². The van der Waals surface area contributed by atoms with Crippen LogP contribution >= 0.6 is 0 Å². The Morgan fingerprint density at radius 1 is 1.33 bits per heavy atom. The van der Waals surface area contributed by atoms with E-state index in [1.165, 1.54) is 13.0 Å². The predicted molar refractivity (Wildman–Crippen MR) is 61.8 cm³/mol. The monoisotopic (exact) mass is 209 g/mol. The smallest absolute Gasteiger partial charge is 0.134 e. The average Bonchev–Trinajstić information content (AvgIpc) is 2.15. The fourth-order valence-corrected chi connectivity index (χ4v) is 3.18. The largest absolute Gasteiger partial charge is 0.300 e. The van der Waals surface area contributed by atoms with Crippen LogP contribution in [0.5, 0.6) is 0 Å². The van der Waals surface area contributed by atoms with Gasteiger partial charge in [0.2, 0.25) is 0 Å². The molecule has 3 unspecified atom stereocenters. The zero-order valence-electron chi connectivity index (χ0n) is 10.2. The summed E-state index contributed by atoms with van der Waals surface area (Å²) in [7, 11) is 0. The molecular weight excluding hydrogens is 186 g/mol. The van der Waals surface area contributed by atoms with Crippen LogP contribution in [-0.4, -0.2) is 29.3 Å². The minimum absolute atomic E-state index is 0.482. The maximum absolute atomic E-state index is 11.6. The van der Waals surface area contributed by atoms with Gasteiger partial charge in [-0.05, 0) is 31.6 Å². The van der Waals surface area contributed by atoms with E-state index in [9.17, 15) is 4.79 Å². The molecule has 2 fully saturated rings. The summed E-state index contributed by atoms with van der Waals surface area (Å²) in [4.78, 5) is 14.1. The van der Waals surface area contributed by atoms with Crippen molar-refractivity contribution >= 4 is 5.78 Å². The molecule has 2 rings (SSSR count). The zero-order chi connectivity index (χ0) is 11.0. The highest BCUT2D eigenvalue weighted by molar-refractivity contribution is 5.79. The lowest BCUT2D eigenvalue weighted by molar-refractivity contribution is -0.126. The molecule has 1 aliphatic heterocycles. The van der Waals surface area contributed by atoms with Crippen LogP contribution < -0.4 is 0 Å².